The van der Waals surface area contributed by atoms with Gasteiger partial charge < -0.3 is 4.90 Å². The zero-order valence-corrected chi connectivity index (χ0v) is 14.3. The van der Waals surface area contributed by atoms with Crippen molar-refractivity contribution in [2.45, 2.75) is 37.6 Å². The van der Waals surface area contributed by atoms with Gasteiger partial charge in [0, 0.05) is 37.5 Å². The molecule has 23 heavy (non-hydrogen) atoms. The van der Waals surface area contributed by atoms with Crippen molar-refractivity contribution >= 4 is 21.9 Å². The van der Waals surface area contributed by atoms with Gasteiger partial charge in [0.15, 0.2) is 0 Å². The summed E-state index contributed by atoms with van der Waals surface area (Å²) in [5, 5.41) is 4.62. The van der Waals surface area contributed by atoms with E-state index in [9.17, 15) is 4.79 Å². The molecule has 120 valence electrons. The third-order valence-corrected chi connectivity index (χ3v) is 4.95. The molecule has 1 saturated heterocycles. The number of hydrogen-bond donors (Lipinski definition) is 0. The number of piperidine rings is 1. The highest BCUT2D eigenvalue weighted by Crippen LogP contribution is 2.38. The standard InChI is InChI=1S/C16H18BrN5O/c17-12-9-18-16(19-10-12)21-7-5-13(6-8-21)22-15(23)4-3-14(20-22)11-1-2-11/h3-4,9-11,13H,1-2,5-8H2. The Hall–Kier alpha value is -1.76. The lowest BCUT2D eigenvalue weighted by atomic mass is 10.1. The second kappa shape index (κ2) is 6.03. The summed E-state index contributed by atoms with van der Waals surface area (Å²) in [7, 11) is 0. The Morgan fingerprint density at radius 2 is 1.74 bits per heavy atom. The van der Waals surface area contributed by atoms with E-state index in [1.165, 1.54) is 12.8 Å². The van der Waals surface area contributed by atoms with Crippen LogP contribution in [0, 0.1) is 0 Å². The lowest BCUT2D eigenvalue weighted by Gasteiger charge is -2.32. The highest BCUT2D eigenvalue weighted by molar-refractivity contribution is 9.10. The van der Waals surface area contributed by atoms with Gasteiger partial charge in [-0.3, -0.25) is 4.79 Å². The van der Waals surface area contributed by atoms with Crippen LogP contribution < -0.4 is 10.5 Å². The number of anilines is 1. The van der Waals surface area contributed by atoms with Crippen molar-refractivity contribution in [2.24, 2.45) is 0 Å². The first-order valence-electron chi connectivity index (χ1n) is 8.03. The molecule has 1 aliphatic carbocycles. The summed E-state index contributed by atoms with van der Waals surface area (Å²) >= 11 is 3.35. The summed E-state index contributed by atoms with van der Waals surface area (Å²) in [6.07, 6.45) is 7.70. The predicted octanol–water partition coefficient (Wildman–Crippen LogP) is 2.51. The fourth-order valence-corrected chi connectivity index (χ4v) is 3.28. The van der Waals surface area contributed by atoms with Crippen molar-refractivity contribution in [2.75, 3.05) is 18.0 Å². The lowest BCUT2D eigenvalue weighted by Crippen LogP contribution is -2.39. The van der Waals surface area contributed by atoms with Gasteiger partial charge in [-0.2, -0.15) is 5.10 Å². The van der Waals surface area contributed by atoms with Crippen LogP contribution in [0.15, 0.2) is 33.8 Å². The van der Waals surface area contributed by atoms with Crippen molar-refractivity contribution in [3.8, 4) is 0 Å². The first-order chi connectivity index (χ1) is 11.2. The number of hydrogen-bond acceptors (Lipinski definition) is 5. The summed E-state index contributed by atoms with van der Waals surface area (Å²) in [6.45, 7) is 1.68. The molecule has 4 rings (SSSR count). The van der Waals surface area contributed by atoms with Gasteiger partial charge in [0.2, 0.25) is 5.95 Å². The van der Waals surface area contributed by atoms with E-state index in [4.69, 9.17) is 0 Å². The molecule has 1 aliphatic heterocycles. The van der Waals surface area contributed by atoms with Crippen LogP contribution in [0.3, 0.4) is 0 Å². The van der Waals surface area contributed by atoms with Crippen molar-refractivity contribution in [3.05, 3.63) is 45.0 Å². The number of aromatic nitrogens is 4. The van der Waals surface area contributed by atoms with E-state index in [-0.39, 0.29) is 11.6 Å². The summed E-state index contributed by atoms with van der Waals surface area (Å²) in [5.41, 5.74) is 1.08. The SMILES string of the molecule is O=c1ccc(C2CC2)nn1C1CCN(c2ncc(Br)cn2)CC1. The largest absolute Gasteiger partial charge is 0.341 e. The minimum atomic E-state index is 0.00717. The van der Waals surface area contributed by atoms with Gasteiger partial charge in [-0.15, -0.1) is 0 Å². The summed E-state index contributed by atoms with van der Waals surface area (Å²) < 4.78 is 2.58. The second-order valence-corrected chi connectivity index (χ2v) is 7.15. The molecule has 1 saturated carbocycles. The molecule has 7 heteroatoms. The molecule has 0 aromatic carbocycles. The van der Waals surface area contributed by atoms with Crippen LogP contribution in [-0.4, -0.2) is 32.8 Å². The summed E-state index contributed by atoms with van der Waals surface area (Å²) in [6, 6.07) is 3.74. The van der Waals surface area contributed by atoms with Gasteiger partial charge in [0.1, 0.15) is 0 Å². The molecule has 2 aromatic heterocycles. The summed E-state index contributed by atoms with van der Waals surface area (Å²) in [4.78, 5) is 23.0. The van der Waals surface area contributed by atoms with Crippen molar-refractivity contribution < 1.29 is 0 Å². The zero-order valence-electron chi connectivity index (χ0n) is 12.7. The molecule has 0 N–H and O–H groups in total. The average Bonchev–Trinajstić information content (AvgIpc) is 3.41. The molecule has 0 bridgehead atoms. The third-order valence-electron chi connectivity index (χ3n) is 4.54. The minimum Gasteiger partial charge on any atom is -0.341 e. The van der Waals surface area contributed by atoms with E-state index in [0.717, 1.165) is 42.0 Å². The van der Waals surface area contributed by atoms with Crippen LogP contribution in [0.4, 0.5) is 5.95 Å². The first kappa shape index (κ1) is 14.8. The monoisotopic (exact) mass is 375 g/mol. The summed E-state index contributed by atoms with van der Waals surface area (Å²) in [5.74, 6) is 1.32. The van der Waals surface area contributed by atoms with E-state index in [1.54, 1.807) is 23.1 Å². The van der Waals surface area contributed by atoms with Crippen LogP contribution >= 0.6 is 15.9 Å². The van der Waals surface area contributed by atoms with E-state index in [2.05, 4.69) is 35.9 Å². The fraction of sp³-hybridized carbons (Fsp3) is 0.500. The van der Waals surface area contributed by atoms with E-state index in [1.807, 2.05) is 6.07 Å². The molecule has 2 aromatic rings. The van der Waals surface area contributed by atoms with Crippen LogP contribution in [0.25, 0.3) is 0 Å². The maximum atomic E-state index is 12.2. The predicted molar refractivity (Wildman–Crippen MR) is 90.7 cm³/mol. The molecule has 6 nitrogen and oxygen atoms in total. The van der Waals surface area contributed by atoms with Gasteiger partial charge in [-0.25, -0.2) is 14.6 Å². The van der Waals surface area contributed by atoms with Crippen molar-refractivity contribution in [3.63, 3.8) is 0 Å². The van der Waals surface area contributed by atoms with Crippen LogP contribution in [-0.2, 0) is 0 Å². The Morgan fingerprint density at radius 3 is 2.39 bits per heavy atom. The molecule has 2 aliphatic rings. The molecule has 0 amide bonds. The topological polar surface area (TPSA) is 63.9 Å². The molecule has 2 fully saturated rings. The molecule has 0 spiro atoms. The fourth-order valence-electron chi connectivity index (χ4n) is 3.08. The van der Waals surface area contributed by atoms with Gasteiger partial charge in [-0.1, -0.05) is 0 Å². The molecular weight excluding hydrogens is 358 g/mol. The smallest absolute Gasteiger partial charge is 0.267 e. The van der Waals surface area contributed by atoms with Gasteiger partial charge >= 0.3 is 0 Å². The average molecular weight is 376 g/mol. The van der Waals surface area contributed by atoms with Gasteiger partial charge in [0.05, 0.1) is 16.2 Å². The minimum absolute atomic E-state index is 0.00717. The molecule has 0 radical (unpaired) electrons. The van der Waals surface area contributed by atoms with Crippen molar-refractivity contribution in [1.82, 2.24) is 19.7 Å². The lowest BCUT2D eigenvalue weighted by molar-refractivity contribution is 0.348. The van der Waals surface area contributed by atoms with E-state index < -0.39 is 0 Å². The van der Waals surface area contributed by atoms with Gasteiger partial charge in [0.25, 0.3) is 5.56 Å². The zero-order chi connectivity index (χ0) is 15.8. The number of rotatable bonds is 3. The molecular formula is C16H18BrN5O. The highest BCUT2D eigenvalue weighted by Gasteiger charge is 2.28. The van der Waals surface area contributed by atoms with Crippen LogP contribution in [0.5, 0.6) is 0 Å². The Balaban J connectivity index is 1.48. The highest BCUT2D eigenvalue weighted by atomic mass is 79.9. The Labute approximate surface area is 142 Å². The first-order valence-corrected chi connectivity index (χ1v) is 8.82. The number of nitrogens with zero attached hydrogens (tertiary/aromatic N) is 5. The van der Waals surface area contributed by atoms with E-state index in [0.29, 0.717) is 5.92 Å². The third kappa shape index (κ3) is 3.15. The quantitative estimate of drug-likeness (QED) is 0.824. The van der Waals surface area contributed by atoms with Crippen molar-refractivity contribution in [1.29, 1.82) is 0 Å². The number of halogens is 1. The Bertz CT molecular complexity index is 748. The van der Waals surface area contributed by atoms with Gasteiger partial charge in [-0.05, 0) is 47.7 Å². The maximum Gasteiger partial charge on any atom is 0.267 e. The normalized spacial score (nSPS) is 19.1. The van der Waals surface area contributed by atoms with Crippen LogP contribution in [0.1, 0.15) is 43.3 Å². The Morgan fingerprint density at radius 1 is 1.04 bits per heavy atom. The van der Waals surface area contributed by atoms with Crippen LogP contribution in [0.2, 0.25) is 0 Å². The van der Waals surface area contributed by atoms with E-state index >= 15 is 0 Å². The second-order valence-electron chi connectivity index (χ2n) is 6.23. The Kier molecular flexibility index (Phi) is 3.88. The molecule has 0 unspecified atom stereocenters. The molecule has 3 heterocycles. The maximum absolute atomic E-state index is 12.2. The molecule has 0 atom stereocenters.